The third-order valence-corrected chi connectivity index (χ3v) is 3.84. The standard InChI is InChI=1S/C15H18ClN3O/c1-19-14(16)9-18-15(19)10-20-13-6-2-11(3-7-13)8-17-12-4-5-12/h2-3,6-7,9,12,17H,4-5,8,10H2,1H3. The number of rotatable bonds is 6. The summed E-state index contributed by atoms with van der Waals surface area (Å²) in [7, 11) is 1.88. The van der Waals surface area contributed by atoms with E-state index in [2.05, 4.69) is 22.4 Å². The van der Waals surface area contributed by atoms with Crippen molar-refractivity contribution in [2.75, 3.05) is 0 Å². The van der Waals surface area contributed by atoms with E-state index in [4.69, 9.17) is 16.3 Å². The van der Waals surface area contributed by atoms with E-state index in [9.17, 15) is 0 Å². The van der Waals surface area contributed by atoms with Gasteiger partial charge in [0.2, 0.25) is 0 Å². The molecule has 1 aliphatic carbocycles. The van der Waals surface area contributed by atoms with E-state index in [0.29, 0.717) is 11.8 Å². The summed E-state index contributed by atoms with van der Waals surface area (Å²) < 4.78 is 7.53. The van der Waals surface area contributed by atoms with Crippen molar-refractivity contribution in [3.05, 3.63) is 47.0 Å². The van der Waals surface area contributed by atoms with Crippen LogP contribution < -0.4 is 10.1 Å². The molecule has 1 saturated carbocycles. The zero-order valence-electron chi connectivity index (χ0n) is 11.5. The van der Waals surface area contributed by atoms with Gasteiger partial charge in [-0.2, -0.15) is 0 Å². The molecule has 4 nitrogen and oxygen atoms in total. The highest BCUT2D eigenvalue weighted by Crippen LogP contribution is 2.20. The molecule has 0 aliphatic heterocycles. The molecule has 106 valence electrons. The number of nitrogens with one attached hydrogen (secondary N) is 1. The number of hydrogen-bond donors (Lipinski definition) is 1. The Balaban J connectivity index is 1.53. The quantitative estimate of drug-likeness (QED) is 0.889. The number of imidazole rings is 1. The maximum absolute atomic E-state index is 5.94. The fourth-order valence-corrected chi connectivity index (χ4v) is 2.11. The Morgan fingerprint density at radius 1 is 1.35 bits per heavy atom. The molecule has 20 heavy (non-hydrogen) atoms. The second-order valence-corrected chi connectivity index (χ2v) is 5.53. The van der Waals surface area contributed by atoms with Crippen LogP contribution in [-0.4, -0.2) is 15.6 Å². The Kier molecular flexibility index (Phi) is 3.94. The molecule has 0 saturated heterocycles. The predicted molar refractivity (Wildman–Crippen MR) is 78.9 cm³/mol. The van der Waals surface area contributed by atoms with Gasteiger partial charge in [0.25, 0.3) is 0 Å². The SMILES string of the molecule is Cn1c(Cl)cnc1COc1ccc(CNC2CC2)cc1. The molecule has 1 N–H and O–H groups in total. The number of nitrogens with zero attached hydrogens (tertiary/aromatic N) is 2. The Labute approximate surface area is 123 Å². The van der Waals surface area contributed by atoms with Gasteiger partial charge in [-0.15, -0.1) is 0 Å². The first-order valence-corrected chi connectivity index (χ1v) is 7.21. The minimum Gasteiger partial charge on any atom is -0.486 e. The predicted octanol–water partition coefficient (Wildman–Crippen LogP) is 2.90. The van der Waals surface area contributed by atoms with Crippen LogP contribution in [0, 0.1) is 0 Å². The summed E-state index contributed by atoms with van der Waals surface area (Å²) in [5.74, 6) is 1.66. The number of aromatic nitrogens is 2. The fourth-order valence-electron chi connectivity index (χ4n) is 1.96. The van der Waals surface area contributed by atoms with Gasteiger partial charge in [0.05, 0.1) is 6.20 Å². The summed E-state index contributed by atoms with van der Waals surface area (Å²) in [5, 5.41) is 4.11. The van der Waals surface area contributed by atoms with Crippen LogP contribution in [0.5, 0.6) is 5.75 Å². The summed E-state index contributed by atoms with van der Waals surface area (Å²) in [6.07, 6.45) is 4.26. The van der Waals surface area contributed by atoms with Gasteiger partial charge in [-0.3, -0.25) is 0 Å². The van der Waals surface area contributed by atoms with Crippen molar-refractivity contribution < 1.29 is 4.74 Å². The lowest BCUT2D eigenvalue weighted by molar-refractivity contribution is 0.292. The van der Waals surface area contributed by atoms with Crippen LogP contribution in [0.4, 0.5) is 0 Å². The average Bonchev–Trinajstić information content (AvgIpc) is 3.24. The summed E-state index contributed by atoms with van der Waals surface area (Å²) in [4.78, 5) is 4.20. The molecule has 0 radical (unpaired) electrons. The zero-order valence-corrected chi connectivity index (χ0v) is 12.2. The van der Waals surface area contributed by atoms with E-state index in [0.717, 1.165) is 24.2 Å². The van der Waals surface area contributed by atoms with E-state index >= 15 is 0 Å². The average molecular weight is 292 g/mol. The van der Waals surface area contributed by atoms with Gasteiger partial charge >= 0.3 is 0 Å². The summed E-state index contributed by atoms with van der Waals surface area (Å²) in [5.41, 5.74) is 1.28. The Morgan fingerprint density at radius 2 is 2.10 bits per heavy atom. The van der Waals surface area contributed by atoms with Gasteiger partial charge in [0, 0.05) is 19.6 Å². The van der Waals surface area contributed by atoms with Crippen LogP contribution in [0.15, 0.2) is 30.5 Å². The van der Waals surface area contributed by atoms with Gasteiger partial charge in [0.1, 0.15) is 23.3 Å². The number of benzene rings is 1. The molecular weight excluding hydrogens is 274 g/mol. The third-order valence-electron chi connectivity index (χ3n) is 3.49. The lowest BCUT2D eigenvalue weighted by Crippen LogP contribution is -2.15. The lowest BCUT2D eigenvalue weighted by Gasteiger charge is -2.08. The van der Waals surface area contributed by atoms with Gasteiger partial charge in [-0.1, -0.05) is 23.7 Å². The molecule has 0 bridgehead atoms. The third kappa shape index (κ3) is 3.32. The first-order chi connectivity index (χ1) is 9.72. The molecule has 0 atom stereocenters. The highest BCUT2D eigenvalue weighted by molar-refractivity contribution is 6.29. The van der Waals surface area contributed by atoms with Crippen molar-refractivity contribution in [1.29, 1.82) is 0 Å². The van der Waals surface area contributed by atoms with Crippen LogP contribution in [0.3, 0.4) is 0 Å². The van der Waals surface area contributed by atoms with E-state index in [1.807, 2.05) is 23.7 Å². The van der Waals surface area contributed by atoms with Crippen molar-refractivity contribution in [3.8, 4) is 5.75 Å². The summed E-state index contributed by atoms with van der Waals surface area (Å²) in [6, 6.07) is 8.91. The number of hydrogen-bond acceptors (Lipinski definition) is 3. The smallest absolute Gasteiger partial charge is 0.147 e. The molecule has 0 unspecified atom stereocenters. The molecule has 1 heterocycles. The van der Waals surface area contributed by atoms with Crippen LogP contribution in [0.1, 0.15) is 24.2 Å². The molecule has 5 heteroatoms. The largest absolute Gasteiger partial charge is 0.486 e. The topological polar surface area (TPSA) is 39.1 Å². The second kappa shape index (κ2) is 5.85. The van der Waals surface area contributed by atoms with Crippen LogP contribution >= 0.6 is 11.6 Å². The van der Waals surface area contributed by atoms with E-state index in [-0.39, 0.29) is 0 Å². The van der Waals surface area contributed by atoms with Crippen molar-refractivity contribution >= 4 is 11.6 Å². The first-order valence-electron chi connectivity index (χ1n) is 6.83. The molecule has 1 aromatic carbocycles. The van der Waals surface area contributed by atoms with Gasteiger partial charge in [-0.25, -0.2) is 4.98 Å². The zero-order chi connectivity index (χ0) is 13.9. The van der Waals surface area contributed by atoms with E-state index in [1.54, 1.807) is 6.20 Å². The molecular formula is C15H18ClN3O. The molecule has 3 rings (SSSR count). The lowest BCUT2D eigenvalue weighted by atomic mass is 10.2. The van der Waals surface area contributed by atoms with Gasteiger partial charge in [0.15, 0.2) is 0 Å². The summed E-state index contributed by atoms with van der Waals surface area (Å²) >= 11 is 5.94. The van der Waals surface area contributed by atoms with Crippen LogP contribution in [0.2, 0.25) is 5.15 Å². The minimum atomic E-state index is 0.420. The minimum absolute atomic E-state index is 0.420. The second-order valence-electron chi connectivity index (χ2n) is 5.14. The van der Waals surface area contributed by atoms with Crippen molar-refractivity contribution in [2.24, 2.45) is 7.05 Å². The van der Waals surface area contributed by atoms with Crippen LogP contribution in [0.25, 0.3) is 0 Å². The molecule has 1 aromatic heterocycles. The highest BCUT2D eigenvalue weighted by Gasteiger charge is 2.19. The molecule has 1 fully saturated rings. The normalized spacial score (nSPS) is 14.5. The van der Waals surface area contributed by atoms with Crippen LogP contribution in [-0.2, 0) is 20.2 Å². The molecule has 2 aromatic rings. The molecule has 1 aliphatic rings. The number of halogens is 1. The molecule has 0 amide bonds. The fraction of sp³-hybridized carbons (Fsp3) is 0.400. The first kappa shape index (κ1) is 13.5. The van der Waals surface area contributed by atoms with Gasteiger partial charge < -0.3 is 14.6 Å². The Hall–Kier alpha value is -1.52. The Morgan fingerprint density at radius 3 is 2.70 bits per heavy atom. The highest BCUT2D eigenvalue weighted by atomic mass is 35.5. The number of ether oxygens (including phenoxy) is 1. The molecule has 0 spiro atoms. The monoisotopic (exact) mass is 291 g/mol. The van der Waals surface area contributed by atoms with Gasteiger partial charge in [-0.05, 0) is 30.5 Å². The van der Waals surface area contributed by atoms with Crippen molar-refractivity contribution in [3.63, 3.8) is 0 Å². The maximum Gasteiger partial charge on any atom is 0.147 e. The van der Waals surface area contributed by atoms with E-state index in [1.165, 1.54) is 18.4 Å². The van der Waals surface area contributed by atoms with Crippen molar-refractivity contribution in [2.45, 2.75) is 32.0 Å². The van der Waals surface area contributed by atoms with Crippen molar-refractivity contribution in [1.82, 2.24) is 14.9 Å². The summed E-state index contributed by atoms with van der Waals surface area (Å²) in [6.45, 7) is 1.35. The van der Waals surface area contributed by atoms with E-state index < -0.39 is 0 Å². The Bertz CT molecular complexity index is 575. The maximum atomic E-state index is 5.94.